The van der Waals surface area contributed by atoms with Gasteiger partial charge in [0.25, 0.3) is 0 Å². The maximum Gasteiger partial charge on any atom is 0.244 e. The molecule has 1 heterocycles. The summed E-state index contributed by atoms with van der Waals surface area (Å²) >= 11 is 0. The van der Waals surface area contributed by atoms with Crippen molar-refractivity contribution in [2.75, 3.05) is 11.1 Å². The quantitative estimate of drug-likeness (QED) is 0.797. The van der Waals surface area contributed by atoms with Gasteiger partial charge in [-0.2, -0.15) is 10.5 Å². The summed E-state index contributed by atoms with van der Waals surface area (Å²) < 4.78 is 1.31. The van der Waals surface area contributed by atoms with Crippen LogP contribution in [0.5, 0.6) is 0 Å². The van der Waals surface area contributed by atoms with E-state index in [-0.39, 0.29) is 23.8 Å². The Labute approximate surface area is 114 Å². The molecule has 0 bridgehead atoms. The third kappa shape index (κ3) is 2.57. The molecular formula is C13H10N6O. The standard InChI is InChI=1S/C13H10N6O/c14-5-11-12(6-15)19(8-17-11)7-13(20)18-10-4-2-1-3-9(10)16/h1-4,8H,7,16H2,(H,18,20). The molecule has 1 amide bonds. The van der Waals surface area contributed by atoms with Crippen LogP contribution in [0.2, 0.25) is 0 Å². The SMILES string of the molecule is N#Cc1ncn(CC(=O)Nc2ccccc2N)c1C#N. The van der Waals surface area contributed by atoms with Crippen LogP contribution in [0.15, 0.2) is 30.6 Å². The minimum absolute atomic E-state index is 0.000440. The first-order valence-electron chi connectivity index (χ1n) is 5.65. The Hall–Kier alpha value is -3.32. The zero-order valence-electron chi connectivity index (χ0n) is 10.4. The molecule has 0 aliphatic carbocycles. The number of nitrogens with zero attached hydrogens (tertiary/aromatic N) is 4. The van der Waals surface area contributed by atoms with E-state index < -0.39 is 0 Å². The number of carbonyl (C=O) groups is 1. The average molecular weight is 266 g/mol. The molecule has 98 valence electrons. The number of hydrogen-bond acceptors (Lipinski definition) is 5. The Bertz CT molecular complexity index is 734. The first kappa shape index (κ1) is 13.1. The number of aromatic nitrogens is 2. The number of nitrogen functional groups attached to an aromatic ring is 1. The second-order valence-electron chi connectivity index (χ2n) is 3.93. The van der Waals surface area contributed by atoms with Crippen molar-refractivity contribution in [3.8, 4) is 12.1 Å². The second-order valence-corrected chi connectivity index (χ2v) is 3.93. The molecule has 20 heavy (non-hydrogen) atoms. The second kappa shape index (κ2) is 5.55. The predicted molar refractivity (Wildman–Crippen MR) is 71.1 cm³/mol. The summed E-state index contributed by atoms with van der Waals surface area (Å²) in [6, 6.07) is 10.5. The lowest BCUT2D eigenvalue weighted by atomic mass is 10.2. The van der Waals surface area contributed by atoms with Crippen molar-refractivity contribution in [3.63, 3.8) is 0 Å². The van der Waals surface area contributed by atoms with Gasteiger partial charge in [0.2, 0.25) is 5.91 Å². The van der Waals surface area contributed by atoms with E-state index in [1.54, 1.807) is 30.3 Å². The largest absolute Gasteiger partial charge is 0.397 e. The van der Waals surface area contributed by atoms with Crippen molar-refractivity contribution < 1.29 is 4.79 Å². The molecule has 0 unspecified atom stereocenters. The Morgan fingerprint density at radius 1 is 1.35 bits per heavy atom. The molecule has 1 aromatic carbocycles. The van der Waals surface area contributed by atoms with Crippen LogP contribution in [0.1, 0.15) is 11.4 Å². The number of benzene rings is 1. The number of rotatable bonds is 3. The van der Waals surface area contributed by atoms with Crippen molar-refractivity contribution in [1.82, 2.24) is 9.55 Å². The molecule has 0 aliphatic heterocycles. The fourth-order valence-electron chi connectivity index (χ4n) is 1.66. The van der Waals surface area contributed by atoms with Crippen LogP contribution in [0.3, 0.4) is 0 Å². The van der Waals surface area contributed by atoms with E-state index in [2.05, 4.69) is 10.3 Å². The highest BCUT2D eigenvalue weighted by Crippen LogP contribution is 2.16. The fraction of sp³-hybridized carbons (Fsp3) is 0.0769. The minimum Gasteiger partial charge on any atom is -0.397 e. The smallest absolute Gasteiger partial charge is 0.244 e. The van der Waals surface area contributed by atoms with Gasteiger partial charge in [0, 0.05) is 0 Å². The van der Waals surface area contributed by atoms with E-state index in [0.29, 0.717) is 11.4 Å². The van der Waals surface area contributed by atoms with E-state index >= 15 is 0 Å². The van der Waals surface area contributed by atoms with Gasteiger partial charge in [0.1, 0.15) is 18.7 Å². The summed E-state index contributed by atoms with van der Waals surface area (Å²) in [6.07, 6.45) is 1.28. The molecule has 0 saturated heterocycles. The molecule has 7 nitrogen and oxygen atoms in total. The Morgan fingerprint density at radius 2 is 2.10 bits per heavy atom. The maximum absolute atomic E-state index is 11.9. The summed E-state index contributed by atoms with van der Waals surface area (Å²) in [4.78, 5) is 15.6. The topological polar surface area (TPSA) is 121 Å². The summed E-state index contributed by atoms with van der Waals surface area (Å²) in [6.45, 7) is -0.119. The number of carbonyl (C=O) groups excluding carboxylic acids is 1. The lowest BCUT2D eigenvalue weighted by Gasteiger charge is -2.08. The zero-order valence-corrected chi connectivity index (χ0v) is 10.4. The maximum atomic E-state index is 11.9. The summed E-state index contributed by atoms with van der Waals surface area (Å²) in [5, 5.41) is 20.4. The van der Waals surface area contributed by atoms with Gasteiger partial charge in [0.15, 0.2) is 11.4 Å². The highest BCUT2D eigenvalue weighted by atomic mass is 16.1. The van der Waals surface area contributed by atoms with Crippen LogP contribution in [0.4, 0.5) is 11.4 Å². The normalized spacial score (nSPS) is 9.50. The summed E-state index contributed by atoms with van der Waals surface area (Å²) in [5.41, 5.74) is 6.72. The first-order valence-corrected chi connectivity index (χ1v) is 5.65. The van der Waals surface area contributed by atoms with Crippen LogP contribution in [0, 0.1) is 22.7 Å². The number of nitrogens with two attached hydrogens (primary N) is 1. The van der Waals surface area contributed by atoms with E-state index in [1.165, 1.54) is 10.9 Å². The van der Waals surface area contributed by atoms with Crippen LogP contribution in [-0.2, 0) is 11.3 Å². The third-order valence-electron chi connectivity index (χ3n) is 2.60. The number of nitriles is 2. The molecule has 0 atom stereocenters. The molecule has 0 fully saturated rings. The van der Waals surface area contributed by atoms with Crippen LogP contribution in [-0.4, -0.2) is 15.5 Å². The highest BCUT2D eigenvalue weighted by molar-refractivity contribution is 5.93. The van der Waals surface area contributed by atoms with Gasteiger partial charge in [-0.1, -0.05) is 12.1 Å². The molecule has 0 radical (unpaired) electrons. The van der Waals surface area contributed by atoms with Gasteiger partial charge in [0.05, 0.1) is 17.7 Å². The lowest BCUT2D eigenvalue weighted by molar-refractivity contribution is -0.116. The third-order valence-corrected chi connectivity index (χ3v) is 2.60. The number of nitrogens with one attached hydrogen (secondary N) is 1. The molecule has 0 spiro atoms. The van der Waals surface area contributed by atoms with Crippen molar-refractivity contribution in [1.29, 1.82) is 10.5 Å². The van der Waals surface area contributed by atoms with Gasteiger partial charge in [-0.3, -0.25) is 4.79 Å². The molecule has 1 aromatic heterocycles. The van der Waals surface area contributed by atoms with Gasteiger partial charge >= 0.3 is 0 Å². The van der Waals surface area contributed by atoms with Crippen molar-refractivity contribution in [2.45, 2.75) is 6.54 Å². The van der Waals surface area contributed by atoms with Crippen LogP contribution < -0.4 is 11.1 Å². The molecule has 0 aliphatic rings. The highest BCUT2D eigenvalue weighted by Gasteiger charge is 2.13. The number of para-hydroxylation sites is 2. The average Bonchev–Trinajstić information content (AvgIpc) is 2.83. The van der Waals surface area contributed by atoms with E-state index in [4.69, 9.17) is 16.3 Å². The monoisotopic (exact) mass is 266 g/mol. The van der Waals surface area contributed by atoms with Crippen molar-refractivity contribution in [2.24, 2.45) is 0 Å². The molecule has 7 heteroatoms. The fourth-order valence-corrected chi connectivity index (χ4v) is 1.66. The lowest BCUT2D eigenvalue weighted by Crippen LogP contribution is -2.19. The summed E-state index contributed by atoms with van der Waals surface area (Å²) in [7, 11) is 0. The molecule has 2 aromatic rings. The molecular weight excluding hydrogens is 256 g/mol. The Morgan fingerprint density at radius 3 is 2.75 bits per heavy atom. The van der Waals surface area contributed by atoms with Crippen molar-refractivity contribution in [3.05, 3.63) is 42.0 Å². The Balaban J connectivity index is 2.14. The van der Waals surface area contributed by atoms with Gasteiger partial charge < -0.3 is 15.6 Å². The van der Waals surface area contributed by atoms with Crippen LogP contribution >= 0.6 is 0 Å². The van der Waals surface area contributed by atoms with E-state index in [9.17, 15) is 4.79 Å². The van der Waals surface area contributed by atoms with Gasteiger partial charge in [-0.25, -0.2) is 4.98 Å². The van der Waals surface area contributed by atoms with Gasteiger partial charge in [-0.05, 0) is 12.1 Å². The van der Waals surface area contributed by atoms with Gasteiger partial charge in [-0.15, -0.1) is 0 Å². The minimum atomic E-state index is -0.360. The number of hydrogen-bond donors (Lipinski definition) is 2. The zero-order chi connectivity index (χ0) is 14.5. The van der Waals surface area contributed by atoms with E-state index in [1.807, 2.05) is 6.07 Å². The van der Waals surface area contributed by atoms with Crippen LogP contribution in [0.25, 0.3) is 0 Å². The number of imidazole rings is 1. The molecule has 3 N–H and O–H groups in total. The predicted octanol–water partition coefficient (Wildman–Crippen LogP) is 0.847. The first-order chi connectivity index (χ1) is 9.65. The Kier molecular flexibility index (Phi) is 3.64. The summed E-state index contributed by atoms with van der Waals surface area (Å²) in [5.74, 6) is -0.360. The number of amides is 1. The number of anilines is 2. The van der Waals surface area contributed by atoms with E-state index in [0.717, 1.165) is 0 Å². The molecule has 2 rings (SSSR count). The van der Waals surface area contributed by atoms with Crippen molar-refractivity contribution >= 4 is 17.3 Å². The molecule has 0 saturated carbocycles.